The Kier molecular flexibility index (Phi) is 2.81. The summed E-state index contributed by atoms with van der Waals surface area (Å²) in [5.74, 6) is 0. The second kappa shape index (κ2) is 3.79. The number of halogens is 1. The molecule has 78 valence electrons. The van der Waals surface area contributed by atoms with Crippen LogP contribution in [0.3, 0.4) is 0 Å². The highest BCUT2D eigenvalue weighted by Gasteiger charge is 2.33. The molecule has 0 aromatic carbocycles. The first-order valence-corrected chi connectivity index (χ1v) is 5.73. The first-order chi connectivity index (χ1) is 6.59. The number of aliphatic hydroxyl groups is 2. The molecular formula is C9H13IN2O2. The fourth-order valence-electron chi connectivity index (χ4n) is 1.94. The average molecular weight is 308 g/mol. The van der Waals surface area contributed by atoms with Gasteiger partial charge in [0, 0.05) is 5.69 Å². The largest absolute Gasteiger partial charge is 0.390 e. The first-order valence-electron chi connectivity index (χ1n) is 4.65. The third kappa shape index (κ3) is 1.68. The van der Waals surface area contributed by atoms with E-state index in [0.717, 1.165) is 9.26 Å². The van der Waals surface area contributed by atoms with Crippen LogP contribution in [0.1, 0.15) is 24.6 Å². The van der Waals surface area contributed by atoms with Gasteiger partial charge in [0.05, 0.1) is 28.0 Å². The van der Waals surface area contributed by atoms with Crippen LogP contribution >= 0.6 is 22.6 Å². The van der Waals surface area contributed by atoms with Gasteiger partial charge >= 0.3 is 0 Å². The van der Waals surface area contributed by atoms with Crippen LogP contribution in [0.15, 0.2) is 6.20 Å². The fraction of sp³-hybridized carbons (Fsp3) is 0.667. The van der Waals surface area contributed by atoms with E-state index < -0.39 is 12.2 Å². The van der Waals surface area contributed by atoms with Crippen molar-refractivity contribution in [2.45, 2.75) is 38.0 Å². The van der Waals surface area contributed by atoms with Crippen molar-refractivity contribution < 1.29 is 10.2 Å². The van der Waals surface area contributed by atoms with Crippen molar-refractivity contribution in [3.05, 3.63) is 15.5 Å². The van der Waals surface area contributed by atoms with E-state index in [1.54, 1.807) is 0 Å². The van der Waals surface area contributed by atoms with E-state index in [-0.39, 0.29) is 6.04 Å². The molecule has 1 aromatic rings. The van der Waals surface area contributed by atoms with Gasteiger partial charge in [-0.25, -0.2) is 0 Å². The molecule has 0 bridgehead atoms. The summed E-state index contributed by atoms with van der Waals surface area (Å²) in [6.45, 7) is 2.01. The lowest BCUT2D eigenvalue weighted by Crippen LogP contribution is -2.17. The summed E-state index contributed by atoms with van der Waals surface area (Å²) in [6.07, 6.45) is 1.81. The standard InChI is InChI=1S/C9H13IN2O2/c1-5-7(10)4-11-12(5)6-2-8(13)9(14)3-6/h4,6,8-9,13-14H,2-3H2,1H3. The second-order valence-electron chi connectivity index (χ2n) is 3.78. The van der Waals surface area contributed by atoms with Crippen LogP contribution in [-0.2, 0) is 0 Å². The molecule has 1 aliphatic carbocycles. The van der Waals surface area contributed by atoms with Gasteiger partial charge in [-0.1, -0.05) is 0 Å². The maximum atomic E-state index is 9.43. The SMILES string of the molecule is Cc1c(I)cnn1C1CC(O)C(O)C1. The average Bonchev–Trinajstić information content (AvgIpc) is 2.61. The molecule has 2 N–H and O–H groups in total. The highest BCUT2D eigenvalue weighted by atomic mass is 127. The monoisotopic (exact) mass is 308 g/mol. The van der Waals surface area contributed by atoms with Crippen molar-refractivity contribution in [3.8, 4) is 0 Å². The Morgan fingerprint density at radius 2 is 2.00 bits per heavy atom. The fourth-order valence-corrected chi connectivity index (χ4v) is 2.31. The Balaban J connectivity index is 2.21. The molecule has 0 saturated heterocycles. The number of nitrogens with zero attached hydrogens (tertiary/aromatic N) is 2. The molecule has 1 heterocycles. The molecule has 2 atom stereocenters. The summed E-state index contributed by atoms with van der Waals surface area (Å²) in [4.78, 5) is 0. The summed E-state index contributed by atoms with van der Waals surface area (Å²) < 4.78 is 3.03. The lowest BCUT2D eigenvalue weighted by molar-refractivity contribution is 0.0438. The van der Waals surface area contributed by atoms with E-state index in [2.05, 4.69) is 27.7 Å². The summed E-state index contributed by atoms with van der Waals surface area (Å²) in [7, 11) is 0. The summed E-state index contributed by atoms with van der Waals surface area (Å²) >= 11 is 2.23. The highest BCUT2D eigenvalue weighted by Crippen LogP contribution is 2.31. The Morgan fingerprint density at radius 1 is 1.43 bits per heavy atom. The van der Waals surface area contributed by atoms with Gasteiger partial charge < -0.3 is 10.2 Å². The Hall–Kier alpha value is -0.140. The van der Waals surface area contributed by atoms with Crippen LogP contribution in [-0.4, -0.2) is 32.2 Å². The maximum absolute atomic E-state index is 9.43. The summed E-state index contributed by atoms with van der Waals surface area (Å²) in [6, 6.07) is 0.142. The van der Waals surface area contributed by atoms with E-state index in [1.165, 1.54) is 0 Å². The lowest BCUT2D eigenvalue weighted by atomic mass is 10.2. The zero-order valence-electron chi connectivity index (χ0n) is 7.89. The summed E-state index contributed by atoms with van der Waals surface area (Å²) in [5, 5.41) is 23.1. The molecule has 0 amide bonds. The minimum Gasteiger partial charge on any atom is -0.390 e. The van der Waals surface area contributed by atoms with Crippen LogP contribution in [0.25, 0.3) is 0 Å². The molecule has 1 fully saturated rings. The third-order valence-electron chi connectivity index (χ3n) is 2.80. The third-order valence-corrected chi connectivity index (χ3v) is 3.86. The van der Waals surface area contributed by atoms with Gasteiger partial charge in [0.25, 0.3) is 0 Å². The molecular weight excluding hydrogens is 295 g/mol. The Labute approximate surface area is 96.1 Å². The molecule has 4 nitrogen and oxygen atoms in total. The smallest absolute Gasteiger partial charge is 0.0820 e. The first kappa shape index (κ1) is 10.4. The molecule has 0 aliphatic heterocycles. The van der Waals surface area contributed by atoms with Crippen molar-refractivity contribution in [1.82, 2.24) is 9.78 Å². The van der Waals surface area contributed by atoms with Crippen molar-refractivity contribution >= 4 is 22.6 Å². The predicted molar refractivity (Wildman–Crippen MR) is 60.0 cm³/mol. The van der Waals surface area contributed by atoms with Crippen LogP contribution in [0.4, 0.5) is 0 Å². The van der Waals surface area contributed by atoms with Crippen molar-refractivity contribution in [2.24, 2.45) is 0 Å². The van der Waals surface area contributed by atoms with Gasteiger partial charge in [-0.2, -0.15) is 5.10 Å². The van der Waals surface area contributed by atoms with Gasteiger partial charge in [-0.3, -0.25) is 4.68 Å². The second-order valence-corrected chi connectivity index (χ2v) is 4.94. The maximum Gasteiger partial charge on any atom is 0.0820 e. The topological polar surface area (TPSA) is 58.3 Å². The number of rotatable bonds is 1. The molecule has 2 unspecified atom stereocenters. The van der Waals surface area contributed by atoms with E-state index >= 15 is 0 Å². The van der Waals surface area contributed by atoms with Crippen LogP contribution in [0.5, 0.6) is 0 Å². The van der Waals surface area contributed by atoms with Gasteiger partial charge in [0.15, 0.2) is 0 Å². The van der Waals surface area contributed by atoms with Crippen LogP contribution in [0.2, 0.25) is 0 Å². The van der Waals surface area contributed by atoms with Crippen LogP contribution < -0.4 is 0 Å². The van der Waals surface area contributed by atoms with Crippen molar-refractivity contribution in [3.63, 3.8) is 0 Å². The van der Waals surface area contributed by atoms with Crippen LogP contribution in [0, 0.1) is 10.5 Å². The molecule has 5 heteroatoms. The molecule has 1 aliphatic rings. The van der Waals surface area contributed by atoms with E-state index in [9.17, 15) is 10.2 Å². The zero-order valence-corrected chi connectivity index (χ0v) is 10.0. The Morgan fingerprint density at radius 3 is 2.43 bits per heavy atom. The summed E-state index contributed by atoms with van der Waals surface area (Å²) in [5.41, 5.74) is 1.11. The molecule has 1 saturated carbocycles. The van der Waals surface area contributed by atoms with E-state index in [4.69, 9.17) is 0 Å². The molecule has 2 rings (SSSR count). The normalized spacial score (nSPS) is 32.4. The van der Waals surface area contributed by atoms with Gasteiger partial charge in [-0.15, -0.1) is 0 Å². The molecule has 14 heavy (non-hydrogen) atoms. The van der Waals surface area contributed by atoms with Gasteiger partial charge in [0.1, 0.15) is 0 Å². The lowest BCUT2D eigenvalue weighted by Gasteiger charge is -2.11. The molecule has 0 spiro atoms. The van der Waals surface area contributed by atoms with Gasteiger partial charge in [-0.05, 0) is 42.4 Å². The zero-order chi connectivity index (χ0) is 10.3. The molecule has 0 radical (unpaired) electrons. The van der Waals surface area contributed by atoms with E-state index in [0.29, 0.717) is 12.8 Å². The number of hydrogen-bond acceptors (Lipinski definition) is 3. The predicted octanol–water partition coefficient (Wildman–Crippen LogP) is 0.853. The number of aromatic nitrogens is 2. The number of hydrogen-bond donors (Lipinski definition) is 2. The minimum absolute atomic E-state index is 0.142. The Bertz CT molecular complexity index is 330. The van der Waals surface area contributed by atoms with Crippen molar-refractivity contribution in [1.29, 1.82) is 0 Å². The highest BCUT2D eigenvalue weighted by molar-refractivity contribution is 14.1. The minimum atomic E-state index is -0.596. The van der Waals surface area contributed by atoms with E-state index in [1.807, 2.05) is 17.8 Å². The van der Waals surface area contributed by atoms with Gasteiger partial charge in [0.2, 0.25) is 0 Å². The quantitative estimate of drug-likeness (QED) is 0.756. The van der Waals surface area contributed by atoms with Crippen molar-refractivity contribution in [2.75, 3.05) is 0 Å². The number of aliphatic hydroxyl groups excluding tert-OH is 2. The molecule has 1 aromatic heterocycles.